The molecule has 2 N–H and O–H groups in total. The van der Waals surface area contributed by atoms with Crippen LogP contribution in [0.1, 0.15) is 5.69 Å². The lowest BCUT2D eigenvalue weighted by Gasteiger charge is -2.09. The monoisotopic (exact) mass is 363 g/mol. The fraction of sp³-hybridized carbons (Fsp3) is 0.286. The zero-order valence-electron chi connectivity index (χ0n) is 7.99. The van der Waals surface area contributed by atoms with Crippen LogP contribution >= 0.6 is 22.6 Å². The molecule has 0 aromatic carbocycles. The molecule has 1 aromatic rings. The van der Waals surface area contributed by atoms with Gasteiger partial charge in [0.1, 0.15) is 0 Å². The van der Waals surface area contributed by atoms with Gasteiger partial charge >= 0.3 is 17.9 Å². The number of aromatic nitrogens is 1. The molecule has 0 unspecified atom stereocenters. The van der Waals surface area contributed by atoms with Crippen LogP contribution in [0.25, 0.3) is 0 Å². The largest absolute Gasteiger partial charge is 0.574 e. The third-order valence-electron chi connectivity index (χ3n) is 1.60. The summed E-state index contributed by atoms with van der Waals surface area (Å²) in [6.07, 6.45) is -5.05. The second-order valence-corrected chi connectivity index (χ2v) is 3.91. The number of alkyl halides is 3. The van der Waals surface area contributed by atoms with E-state index in [1.54, 1.807) is 22.6 Å². The van der Waals surface area contributed by atoms with Crippen LogP contribution in [0.4, 0.5) is 18.9 Å². The normalized spacial score (nSPS) is 11.4. The molecule has 0 fully saturated rings. The third kappa shape index (κ3) is 3.66. The number of nitrogens with two attached hydrogens (primary N) is 1. The molecule has 17 heavy (non-hydrogen) atoms. The SMILES string of the molecule is NCc1nc(OC(F)(F)F)c([N+](=O)[O-])cc1I. The second-order valence-electron chi connectivity index (χ2n) is 2.75. The molecule has 1 aromatic heterocycles. The van der Waals surface area contributed by atoms with E-state index >= 15 is 0 Å². The van der Waals surface area contributed by atoms with Gasteiger partial charge < -0.3 is 10.5 Å². The van der Waals surface area contributed by atoms with E-state index in [-0.39, 0.29) is 12.2 Å². The molecule has 0 radical (unpaired) electrons. The Labute approximate surface area is 106 Å². The maximum atomic E-state index is 12.0. The van der Waals surface area contributed by atoms with Crippen LogP contribution < -0.4 is 10.5 Å². The van der Waals surface area contributed by atoms with Crippen molar-refractivity contribution in [1.29, 1.82) is 0 Å². The van der Waals surface area contributed by atoms with Crippen LogP contribution in [0, 0.1) is 13.7 Å². The number of ether oxygens (including phenoxy) is 1. The van der Waals surface area contributed by atoms with E-state index in [9.17, 15) is 23.3 Å². The fourth-order valence-corrected chi connectivity index (χ4v) is 1.59. The maximum absolute atomic E-state index is 12.0. The molecule has 6 nitrogen and oxygen atoms in total. The smallest absolute Gasteiger partial charge is 0.381 e. The van der Waals surface area contributed by atoms with E-state index in [0.29, 0.717) is 3.57 Å². The van der Waals surface area contributed by atoms with E-state index in [1.807, 2.05) is 0 Å². The Balaban J connectivity index is 3.29. The van der Waals surface area contributed by atoms with Gasteiger partial charge in [0.15, 0.2) is 0 Å². The average molecular weight is 363 g/mol. The van der Waals surface area contributed by atoms with Gasteiger partial charge in [0, 0.05) is 16.2 Å². The zero-order valence-corrected chi connectivity index (χ0v) is 10.2. The maximum Gasteiger partial charge on any atom is 0.574 e. The van der Waals surface area contributed by atoms with Crippen LogP contribution in [0.5, 0.6) is 5.88 Å². The number of hydrogen-bond donors (Lipinski definition) is 1. The van der Waals surface area contributed by atoms with Gasteiger partial charge in [-0.3, -0.25) is 10.1 Å². The first-order valence-corrected chi connectivity index (χ1v) is 5.12. The minimum atomic E-state index is -5.05. The summed E-state index contributed by atoms with van der Waals surface area (Å²) in [5.41, 5.74) is 4.47. The summed E-state index contributed by atoms with van der Waals surface area (Å²) in [5.74, 6) is -1.11. The Bertz CT molecular complexity index is 452. The second kappa shape index (κ2) is 5.00. The Morgan fingerprint density at radius 2 is 2.18 bits per heavy atom. The lowest BCUT2D eigenvalue weighted by Crippen LogP contribution is -2.19. The predicted octanol–water partition coefficient (Wildman–Crippen LogP) is 1.95. The van der Waals surface area contributed by atoms with E-state index in [4.69, 9.17) is 5.73 Å². The lowest BCUT2D eigenvalue weighted by molar-refractivity contribution is -0.389. The van der Waals surface area contributed by atoms with E-state index < -0.39 is 22.9 Å². The molecule has 0 bridgehead atoms. The summed E-state index contributed by atoms with van der Waals surface area (Å²) in [6.45, 7) is -0.148. The van der Waals surface area contributed by atoms with Gasteiger partial charge in [-0.25, -0.2) is 4.98 Å². The number of hydrogen-bond acceptors (Lipinski definition) is 5. The number of nitrogens with zero attached hydrogens (tertiary/aromatic N) is 2. The highest BCUT2D eigenvalue weighted by molar-refractivity contribution is 14.1. The van der Waals surface area contributed by atoms with Crippen molar-refractivity contribution in [1.82, 2.24) is 4.98 Å². The first kappa shape index (κ1) is 13.9. The van der Waals surface area contributed by atoms with Crippen molar-refractivity contribution >= 4 is 28.3 Å². The predicted molar refractivity (Wildman–Crippen MR) is 58.2 cm³/mol. The molecule has 0 saturated heterocycles. The van der Waals surface area contributed by atoms with Crippen molar-refractivity contribution < 1.29 is 22.8 Å². The Morgan fingerprint density at radius 1 is 1.59 bits per heavy atom. The van der Waals surface area contributed by atoms with Crippen molar-refractivity contribution in [2.45, 2.75) is 12.9 Å². The Morgan fingerprint density at radius 3 is 2.59 bits per heavy atom. The van der Waals surface area contributed by atoms with Crippen LogP contribution in [-0.4, -0.2) is 16.3 Å². The topological polar surface area (TPSA) is 91.3 Å². The van der Waals surface area contributed by atoms with Crippen molar-refractivity contribution in [3.63, 3.8) is 0 Å². The van der Waals surface area contributed by atoms with Gasteiger partial charge in [-0.05, 0) is 22.6 Å². The zero-order chi connectivity index (χ0) is 13.2. The molecule has 1 rings (SSSR count). The van der Waals surface area contributed by atoms with Crippen molar-refractivity contribution in [3.05, 3.63) is 25.4 Å². The number of pyridine rings is 1. The first-order valence-electron chi connectivity index (χ1n) is 4.04. The number of halogens is 4. The summed E-state index contributed by atoms with van der Waals surface area (Å²) in [4.78, 5) is 12.9. The minimum Gasteiger partial charge on any atom is -0.381 e. The molecule has 0 aliphatic carbocycles. The molecule has 94 valence electrons. The highest BCUT2D eigenvalue weighted by atomic mass is 127. The van der Waals surface area contributed by atoms with E-state index in [1.165, 1.54) is 0 Å². The third-order valence-corrected chi connectivity index (χ3v) is 2.53. The van der Waals surface area contributed by atoms with Crippen molar-refractivity contribution in [3.8, 4) is 5.88 Å². The molecule has 10 heteroatoms. The van der Waals surface area contributed by atoms with Crippen molar-refractivity contribution in [2.24, 2.45) is 5.73 Å². The average Bonchev–Trinajstić information content (AvgIpc) is 2.17. The molecule has 0 atom stereocenters. The molecular weight excluding hydrogens is 358 g/mol. The summed E-state index contributed by atoms with van der Waals surface area (Å²) in [5, 5.41) is 10.5. The number of nitro groups is 1. The summed E-state index contributed by atoms with van der Waals surface area (Å²) < 4.78 is 39.8. The van der Waals surface area contributed by atoms with Crippen LogP contribution in [0.15, 0.2) is 6.07 Å². The van der Waals surface area contributed by atoms with Crippen LogP contribution in [0.3, 0.4) is 0 Å². The van der Waals surface area contributed by atoms with Gasteiger partial charge in [0.25, 0.3) is 0 Å². The van der Waals surface area contributed by atoms with E-state index in [2.05, 4.69) is 9.72 Å². The van der Waals surface area contributed by atoms with Gasteiger partial charge in [-0.15, -0.1) is 13.2 Å². The first-order chi connectivity index (χ1) is 7.74. The Hall–Kier alpha value is -1.17. The van der Waals surface area contributed by atoms with Gasteiger partial charge in [0.2, 0.25) is 0 Å². The van der Waals surface area contributed by atoms with Crippen LogP contribution in [0.2, 0.25) is 0 Å². The molecule has 0 amide bonds. The van der Waals surface area contributed by atoms with Crippen LogP contribution in [-0.2, 0) is 6.54 Å². The number of rotatable bonds is 3. The lowest BCUT2D eigenvalue weighted by atomic mass is 10.3. The highest BCUT2D eigenvalue weighted by Gasteiger charge is 2.36. The molecule has 0 spiro atoms. The molecule has 1 heterocycles. The fourth-order valence-electron chi connectivity index (χ4n) is 0.957. The summed E-state index contributed by atoms with van der Waals surface area (Å²) >= 11 is 1.69. The van der Waals surface area contributed by atoms with Gasteiger partial charge in [-0.2, -0.15) is 0 Å². The highest BCUT2D eigenvalue weighted by Crippen LogP contribution is 2.32. The quantitative estimate of drug-likeness (QED) is 0.504. The summed E-state index contributed by atoms with van der Waals surface area (Å²) in [6, 6.07) is 0.927. The minimum absolute atomic E-state index is 0.0930. The Kier molecular flexibility index (Phi) is 4.08. The van der Waals surface area contributed by atoms with Gasteiger partial charge in [0.05, 0.1) is 10.6 Å². The van der Waals surface area contributed by atoms with Gasteiger partial charge in [-0.1, -0.05) is 0 Å². The standard InChI is InChI=1S/C7H5F3IN3O3/c8-7(9,10)17-6-5(14(15)16)1-3(11)4(2-12)13-6/h1H,2,12H2. The molecular formula is C7H5F3IN3O3. The summed E-state index contributed by atoms with van der Waals surface area (Å²) in [7, 11) is 0. The molecule has 0 saturated carbocycles. The van der Waals surface area contributed by atoms with E-state index in [0.717, 1.165) is 6.07 Å². The van der Waals surface area contributed by atoms with Crippen molar-refractivity contribution in [2.75, 3.05) is 0 Å². The molecule has 0 aliphatic heterocycles. The molecule has 0 aliphatic rings.